The van der Waals surface area contributed by atoms with Gasteiger partial charge in [-0.25, -0.2) is 0 Å². The largest absolute Gasteiger partial charge is 0.338 e. The molecule has 0 N–H and O–H groups in total. The summed E-state index contributed by atoms with van der Waals surface area (Å²) in [4.78, 5) is 17.6. The fourth-order valence-electron chi connectivity index (χ4n) is 1.89. The van der Waals surface area contributed by atoms with Crippen molar-refractivity contribution in [3.8, 4) is 0 Å². The van der Waals surface area contributed by atoms with E-state index in [1.807, 2.05) is 11.0 Å². The van der Waals surface area contributed by atoms with Gasteiger partial charge in [-0.05, 0) is 33.5 Å². The lowest BCUT2D eigenvalue weighted by Crippen LogP contribution is -2.24. The number of carbonyl (C=O) groups excluding carboxylic acids is 1. The number of aromatic nitrogens is 1. The third kappa shape index (κ3) is 2.56. The van der Waals surface area contributed by atoms with E-state index in [2.05, 4.69) is 27.8 Å². The molecule has 0 bridgehead atoms. The molecule has 2 rings (SSSR count). The van der Waals surface area contributed by atoms with Crippen LogP contribution in [0.25, 0.3) is 0 Å². The number of rotatable bonds is 2. The van der Waals surface area contributed by atoms with Crippen LogP contribution in [-0.2, 0) is 11.3 Å². The zero-order valence-corrected chi connectivity index (χ0v) is 10.2. The number of likely N-dealkylation sites (tertiary alicyclic amines) is 1. The molecule has 0 radical (unpaired) electrons. The number of carbonyl (C=O) groups is 1. The molecule has 1 aliphatic rings. The maximum absolute atomic E-state index is 11.6. The van der Waals surface area contributed by atoms with Crippen molar-refractivity contribution >= 4 is 21.8 Å². The summed E-state index contributed by atoms with van der Waals surface area (Å²) in [7, 11) is 0. The van der Waals surface area contributed by atoms with Crippen LogP contribution < -0.4 is 0 Å². The summed E-state index contributed by atoms with van der Waals surface area (Å²) in [6.45, 7) is 3.65. The van der Waals surface area contributed by atoms with Crippen LogP contribution in [0.2, 0.25) is 0 Å². The molecule has 0 aliphatic carbocycles. The summed E-state index contributed by atoms with van der Waals surface area (Å²) < 4.78 is 0.958. The molecule has 3 nitrogen and oxygen atoms in total. The molecule has 1 fully saturated rings. The molecular weight excluding hydrogens is 256 g/mol. The van der Waals surface area contributed by atoms with Crippen molar-refractivity contribution in [1.82, 2.24) is 9.88 Å². The molecule has 1 aromatic rings. The van der Waals surface area contributed by atoms with E-state index in [1.165, 1.54) is 0 Å². The van der Waals surface area contributed by atoms with Crippen molar-refractivity contribution < 1.29 is 4.79 Å². The van der Waals surface area contributed by atoms with E-state index in [-0.39, 0.29) is 5.91 Å². The highest BCUT2D eigenvalue weighted by atomic mass is 79.9. The lowest BCUT2D eigenvalue weighted by atomic mass is 10.2. The van der Waals surface area contributed by atoms with Gasteiger partial charge in [-0.15, -0.1) is 0 Å². The van der Waals surface area contributed by atoms with E-state index in [9.17, 15) is 4.79 Å². The first-order valence-electron chi connectivity index (χ1n) is 5.02. The quantitative estimate of drug-likeness (QED) is 0.824. The Bertz CT molecular complexity index is 381. The number of pyridine rings is 1. The Labute approximate surface area is 97.6 Å². The van der Waals surface area contributed by atoms with E-state index in [1.54, 1.807) is 12.4 Å². The molecule has 0 aromatic carbocycles. The first-order valence-corrected chi connectivity index (χ1v) is 5.81. The first kappa shape index (κ1) is 10.6. The Morgan fingerprint density at radius 3 is 3.00 bits per heavy atom. The van der Waals surface area contributed by atoms with Crippen LogP contribution in [0.3, 0.4) is 0 Å². The van der Waals surface area contributed by atoms with Gasteiger partial charge in [-0.2, -0.15) is 0 Å². The topological polar surface area (TPSA) is 33.2 Å². The van der Waals surface area contributed by atoms with Crippen molar-refractivity contribution in [2.45, 2.75) is 19.9 Å². The zero-order valence-electron chi connectivity index (χ0n) is 8.61. The molecule has 80 valence electrons. The van der Waals surface area contributed by atoms with Crippen molar-refractivity contribution in [3.05, 3.63) is 28.5 Å². The molecular formula is C11H13BrN2O. The van der Waals surface area contributed by atoms with Crippen molar-refractivity contribution in [2.75, 3.05) is 6.54 Å². The monoisotopic (exact) mass is 268 g/mol. The van der Waals surface area contributed by atoms with Crippen LogP contribution in [0.5, 0.6) is 0 Å². The zero-order chi connectivity index (χ0) is 10.8. The Kier molecular flexibility index (Phi) is 3.05. The summed E-state index contributed by atoms with van der Waals surface area (Å²) >= 11 is 3.37. The van der Waals surface area contributed by atoms with Crippen LogP contribution in [0.15, 0.2) is 22.9 Å². The second-order valence-electron chi connectivity index (χ2n) is 4.09. The second kappa shape index (κ2) is 4.31. The van der Waals surface area contributed by atoms with Crippen LogP contribution in [0.4, 0.5) is 0 Å². The van der Waals surface area contributed by atoms with Gasteiger partial charge in [0, 0.05) is 36.4 Å². The minimum Gasteiger partial charge on any atom is -0.338 e. The lowest BCUT2D eigenvalue weighted by molar-refractivity contribution is -0.128. The van der Waals surface area contributed by atoms with Gasteiger partial charge in [0.1, 0.15) is 0 Å². The summed E-state index contributed by atoms with van der Waals surface area (Å²) in [6.07, 6.45) is 4.24. The maximum atomic E-state index is 11.6. The van der Waals surface area contributed by atoms with Crippen LogP contribution in [-0.4, -0.2) is 22.3 Å². The van der Waals surface area contributed by atoms with Crippen LogP contribution in [0, 0.1) is 5.92 Å². The minimum atomic E-state index is 0.252. The van der Waals surface area contributed by atoms with E-state index < -0.39 is 0 Å². The van der Waals surface area contributed by atoms with Crippen molar-refractivity contribution in [2.24, 2.45) is 5.92 Å². The average Bonchev–Trinajstić information content (AvgIpc) is 2.45. The third-order valence-corrected chi connectivity index (χ3v) is 2.98. The number of nitrogens with zero attached hydrogens (tertiary/aromatic N) is 2. The highest BCUT2D eigenvalue weighted by Gasteiger charge is 2.26. The fourth-order valence-corrected chi connectivity index (χ4v) is 2.30. The summed E-state index contributed by atoms with van der Waals surface area (Å²) in [6, 6.07) is 2.00. The smallest absolute Gasteiger partial charge is 0.223 e. The molecule has 0 saturated carbocycles. The molecule has 0 spiro atoms. The van der Waals surface area contributed by atoms with E-state index in [0.29, 0.717) is 18.9 Å². The number of hydrogen-bond acceptors (Lipinski definition) is 2. The number of hydrogen-bond donors (Lipinski definition) is 0. The van der Waals surface area contributed by atoms with Gasteiger partial charge in [0.25, 0.3) is 0 Å². The first-order chi connectivity index (χ1) is 7.15. The Morgan fingerprint density at radius 2 is 2.40 bits per heavy atom. The molecule has 15 heavy (non-hydrogen) atoms. The van der Waals surface area contributed by atoms with E-state index >= 15 is 0 Å². The van der Waals surface area contributed by atoms with Gasteiger partial charge in [0.15, 0.2) is 0 Å². The van der Waals surface area contributed by atoms with Crippen molar-refractivity contribution in [1.29, 1.82) is 0 Å². The van der Waals surface area contributed by atoms with Crippen molar-refractivity contribution in [3.63, 3.8) is 0 Å². The molecule has 1 amide bonds. The Balaban J connectivity index is 2.06. The molecule has 4 heteroatoms. The summed E-state index contributed by atoms with van der Waals surface area (Å²) in [5.41, 5.74) is 1.08. The normalized spacial score (nSPS) is 21.1. The van der Waals surface area contributed by atoms with Gasteiger partial charge in [0.05, 0.1) is 0 Å². The van der Waals surface area contributed by atoms with Crippen LogP contribution in [0.1, 0.15) is 18.9 Å². The molecule has 1 unspecified atom stereocenters. The number of halogens is 1. The summed E-state index contributed by atoms with van der Waals surface area (Å²) in [5.74, 6) is 0.736. The SMILES string of the molecule is CC1CC(=O)N(Cc2cncc(Br)c2)C1. The third-order valence-electron chi connectivity index (χ3n) is 2.54. The van der Waals surface area contributed by atoms with E-state index in [0.717, 1.165) is 16.6 Å². The Hall–Kier alpha value is -0.900. The molecule has 1 aliphatic heterocycles. The predicted molar refractivity (Wildman–Crippen MR) is 61.1 cm³/mol. The summed E-state index contributed by atoms with van der Waals surface area (Å²) in [5, 5.41) is 0. The molecule has 1 atom stereocenters. The molecule has 1 aromatic heterocycles. The van der Waals surface area contributed by atoms with Gasteiger partial charge in [-0.1, -0.05) is 6.92 Å². The van der Waals surface area contributed by atoms with Gasteiger partial charge < -0.3 is 4.90 Å². The second-order valence-corrected chi connectivity index (χ2v) is 5.01. The predicted octanol–water partition coefficient (Wildman–Crippen LogP) is 2.21. The average molecular weight is 269 g/mol. The lowest BCUT2D eigenvalue weighted by Gasteiger charge is -2.15. The maximum Gasteiger partial charge on any atom is 0.223 e. The standard InChI is InChI=1S/C11H13BrN2O/c1-8-2-11(15)14(6-8)7-9-3-10(12)5-13-4-9/h3-5,8H,2,6-7H2,1H3. The van der Waals surface area contributed by atoms with Gasteiger partial charge >= 0.3 is 0 Å². The Morgan fingerprint density at radius 1 is 1.60 bits per heavy atom. The fraction of sp³-hybridized carbons (Fsp3) is 0.455. The minimum absolute atomic E-state index is 0.252. The van der Waals surface area contributed by atoms with E-state index in [4.69, 9.17) is 0 Å². The highest BCUT2D eigenvalue weighted by Crippen LogP contribution is 2.20. The number of amides is 1. The molecule has 2 heterocycles. The van der Waals surface area contributed by atoms with Crippen LogP contribution >= 0.6 is 15.9 Å². The molecule has 1 saturated heterocycles. The highest BCUT2D eigenvalue weighted by molar-refractivity contribution is 9.10. The van der Waals surface area contributed by atoms with Gasteiger partial charge in [0.2, 0.25) is 5.91 Å². The van der Waals surface area contributed by atoms with Gasteiger partial charge in [-0.3, -0.25) is 9.78 Å².